The molecular weight excluding hydrogens is 386 g/mol. The van der Waals surface area contributed by atoms with E-state index in [9.17, 15) is 4.79 Å². The third-order valence-electron chi connectivity index (χ3n) is 6.16. The minimum Gasteiger partial charge on any atom is -0.377 e. The average Bonchev–Trinajstić information content (AvgIpc) is 2.95. The number of amides is 1. The molecule has 0 radical (unpaired) electrons. The Balaban J connectivity index is 1.47. The monoisotopic (exact) mass is 419 g/mol. The Morgan fingerprint density at radius 2 is 2.00 bits per heavy atom. The minimum atomic E-state index is -0.0107. The van der Waals surface area contributed by atoms with Crippen molar-refractivity contribution >= 4 is 5.91 Å². The van der Waals surface area contributed by atoms with Crippen molar-refractivity contribution in [3.63, 3.8) is 0 Å². The standard InChI is InChI=1S/C26H33N3O2/c1-2-12-29-14-13-28(18-22-5-4-15-31-20-22)19-25(26(29)30)16-21-7-9-23(10-8-21)24-6-3-11-27-17-24/h3,5-11,17,25H,2,4,12-16,18-20H2,1H3/t25-/m0/s1. The van der Waals surface area contributed by atoms with Crippen LogP contribution in [0.2, 0.25) is 0 Å². The van der Waals surface area contributed by atoms with Crippen molar-refractivity contribution in [2.24, 2.45) is 5.92 Å². The Labute approximate surface area is 185 Å². The molecule has 1 aromatic heterocycles. The molecule has 0 bridgehead atoms. The van der Waals surface area contributed by atoms with Gasteiger partial charge in [0.1, 0.15) is 0 Å². The van der Waals surface area contributed by atoms with Crippen molar-refractivity contribution in [1.29, 1.82) is 0 Å². The molecule has 0 N–H and O–H groups in total. The third-order valence-corrected chi connectivity index (χ3v) is 6.16. The number of nitrogens with zero attached hydrogens (tertiary/aromatic N) is 3. The molecule has 5 heteroatoms. The van der Waals surface area contributed by atoms with Crippen LogP contribution in [0.25, 0.3) is 11.1 Å². The molecule has 4 rings (SSSR count). The van der Waals surface area contributed by atoms with Crippen LogP contribution in [0.15, 0.2) is 60.4 Å². The van der Waals surface area contributed by atoms with Crippen LogP contribution >= 0.6 is 0 Å². The fourth-order valence-electron chi connectivity index (χ4n) is 4.56. The van der Waals surface area contributed by atoms with E-state index in [2.05, 4.69) is 58.1 Å². The third kappa shape index (κ3) is 5.81. The predicted molar refractivity (Wildman–Crippen MR) is 124 cm³/mol. The molecule has 164 valence electrons. The maximum absolute atomic E-state index is 13.3. The van der Waals surface area contributed by atoms with E-state index in [-0.39, 0.29) is 5.92 Å². The molecule has 2 aromatic rings. The first-order chi connectivity index (χ1) is 15.2. The van der Waals surface area contributed by atoms with Crippen LogP contribution in [0.3, 0.4) is 0 Å². The largest absolute Gasteiger partial charge is 0.377 e. The number of carbonyl (C=O) groups excluding carboxylic acids is 1. The lowest BCUT2D eigenvalue weighted by atomic mass is 9.95. The van der Waals surface area contributed by atoms with E-state index in [1.165, 1.54) is 11.1 Å². The molecular formula is C26H33N3O2. The number of rotatable bonds is 7. The second-order valence-electron chi connectivity index (χ2n) is 8.60. The van der Waals surface area contributed by atoms with Gasteiger partial charge >= 0.3 is 0 Å². The summed E-state index contributed by atoms with van der Waals surface area (Å²) in [6.07, 6.45) is 8.76. The zero-order chi connectivity index (χ0) is 21.5. The van der Waals surface area contributed by atoms with Crippen molar-refractivity contribution in [2.75, 3.05) is 45.9 Å². The summed E-state index contributed by atoms with van der Waals surface area (Å²) in [6, 6.07) is 12.6. The first kappa shape index (κ1) is 21.7. The van der Waals surface area contributed by atoms with Crippen LogP contribution in [-0.2, 0) is 16.0 Å². The molecule has 1 aromatic carbocycles. The lowest BCUT2D eigenvalue weighted by Crippen LogP contribution is -2.38. The van der Waals surface area contributed by atoms with E-state index in [1.54, 1.807) is 6.20 Å². The number of benzene rings is 1. The van der Waals surface area contributed by atoms with Crippen LogP contribution in [0.1, 0.15) is 25.3 Å². The molecule has 0 unspecified atom stereocenters. The summed E-state index contributed by atoms with van der Waals surface area (Å²) in [6.45, 7) is 8.00. The molecule has 2 aliphatic heterocycles. The Morgan fingerprint density at radius 1 is 1.13 bits per heavy atom. The normalized spacial score (nSPS) is 20.4. The number of carbonyl (C=O) groups is 1. The number of ether oxygens (including phenoxy) is 1. The zero-order valence-electron chi connectivity index (χ0n) is 18.5. The summed E-state index contributed by atoms with van der Waals surface area (Å²) in [5, 5.41) is 0. The summed E-state index contributed by atoms with van der Waals surface area (Å²) >= 11 is 0. The van der Waals surface area contributed by atoms with Gasteiger partial charge in [-0.2, -0.15) is 0 Å². The van der Waals surface area contributed by atoms with Crippen LogP contribution in [0.5, 0.6) is 0 Å². The van der Waals surface area contributed by atoms with Crippen LogP contribution in [0.4, 0.5) is 0 Å². The highest BCUT2D eigenvalue weighted by atomic mass is 16.5. The van der Waals surface area contributed by atoms with E-state index < -0.39 is 0 Å². The first-order valence-corrected chi connectivity index (χ1v) is 11.5. The van der Waals surface area contributed by atoms with E-state index in [0.717, 1.165) is 76.3 Å². The van der Waals surface area contributed by atoms with Gasteiger partial charge in [-0.05, 0) is 47.6 Å². The molecule has 1 saturated heterocycles. The van der Waals surface area contributed by atoms with Gasteiger partial charge in [-0.15, -0.1) is 0 Å². The maximum Gasteiger partial charge on any atom is 0.227 e. The Bertz CT molecular complexity index is 879. The summed E-state index contributed by atoms with van der Waals surface area (Å²) in [7, 11) is 0. The summed E-state index contributed by atoms with van der Waals surface area (Å²) in [5.74, 6) is 0.290. The van der Waals surface area contributed by atoms with Crippen molar-refractivity contribution in [2.45, 2.75) is 26.2 Å². The maximum atomic E-state index is 13.3. The van der Waals surface area contributed by atoms with Gasteiger partial charge in [-0.1, -0.05) is 43.3 Å². The number of aromatic nitrogens is 1. The fourth-order valence-corrected chi connectivity index (χ4v) is 4.56. The van der Waals surface area contributed by atoms with Crippen molar-refractivity contribution in [3.05, 3.63) is 66.0 Å². The second-order valence-corrected chi connectivity index (χ2v) is 8.60. The molecule has 0 saturated carbocycles. The Hall–Kier alpha value is -2.50. The molecule has 2 aliphatic rings. The molecule has 1 amide bonds. The second kappa shape index (κ2) is 10.7. The van der Waals surface area contributed by atoms with Gasteiger partial charge < -0.3 is 9.64 Å². The van der Waals surface area contributed by atoms with Crippen molar-refractivity contribution < 1.29 is 9.53 Å². The number of hydrogen-bond acceptors (Lipinski definition) is 4. The molecule has 31 heavy (non-hydrogen) atoms. The van der Waals surface area contributed by atoms with Gasteiger partial charge in [0.05, 0.1) is 19.1 Å². The minimum absolute atomic E-state index is 0.0107. The van der Waals surface area contributed by atoms with Gasteiger partial charge in [-0.25, -0.2) is 0 Å². The van der Waals surface area contributed by atoms with Gasteiger partial charge in [0, 0.05) is 45.1 Å². The molecule has 1 fully saturated rings. The van der Waals surface area contributed by atoms with E-state index in [1.807, 2.05) is 12.3 Å². The first-order valence-electron chi connectivity index (χ1n) is 11.5. The SMILES string of the molecule is CCCN1CCN(CC2=CCCOC2)C[C@H](Cc2ccc(-c3cccnc3)cc2)C1=O. The van der Waals surface area contributed by atoms with E-state index >= 15 is 0 Å². The van der Waals surface area contributed by atoms with Crippen molar-refractivity contribution in [3.8, 4) is 11.1 Å². The average molecular weight is 420 g/mol. The van der Waals surface area contributed by atoms with Gasteiger partial charge in [0.2, 0.25) is 5.91 Å². The number of hydrogen-bond donors (Lipinski definition) is 0. The fraction of sp³-hybridized carbons (Fsp3) is 0.462. The van der Waals surface area contributed by atoms with E-state index in [4.69, 9.17) is 4.74 Å². The molecule has 0 aliphatic carbocycles. The molecule has 3 heterocycles. The van der Waals surface area contributed by atoms with Gasteiger partial charge in [0.25, 0.3) is 0 Å². The number of pyridine rings is 1. The van der Waals surface area contributed by atoms with E-state index in [0.29, 0.717) is 5.91 Å². The molecule has 1 atom stereocenters. The Morgan fingerprint density at radius 3 is 2.71 bits per heavy atom. The summed E-state index contributed by atoms with van der Waals surface area (Å²) in [5.41, 5.74) is 4.83. The smallest absolute Gasteiger partial charge is 0.227 e. The van der Waals surface area contributed by atoms with Gasteiger partial charge in [0.15, 0.2) is 0 Å². The Kier molecular flexibility index (Phi) is 7.49. The highest BCUT2D eigenvalue weighted by Crippen LogP contribution is 2.22. The highest BCUT2D eigenvalue weighted by molar-refractivity contribution is 5.79. The zero-order valence-corrected chi connectivity index (χ0v) is 18.5. The van der Waals surface area contributed by atoms with Crippen molar-refractivity contribution in [1.82, 2.24) is 14.8 Å². The van der Waals surface area contributed by atoms with Crippen LogP contribution < -0.4 is 0 Å². The predicted octanol–water partition coefficient (Wildman–Crippen LogP) is 3.81. The lowest BCUT2D eigenvalue weighted by Gasteiger charge is -2.25. The summed E-state index contributed by atoms with van der Waals surface area (Å²) < 4.78 is 5.63. The lowest BCUT2D eigenvalue weighted by molar-refractivity contribution is -0.134. The molecule has 0 spiro atoms. The molecule has 5 nitrogen and oxygen atoms in total. The van der Waals surface area contributed by atoms with Crippen LogP contribution in [-0.4, -0.2) is 66.6 Å². The summed E-state index contributed by atoms with van der Waals surface area (Å²) in [4.78, 5) is 22.0. The van der Waals surface area contributed by atoms with Crippen LogP contribution in [0, 0.1) is 5.92 Å². The highest BCUT2D eigenvalue weighted by Gasteiger charge is 2.30. The topological polar surface area (TPSA) is 45.7 Å². The van der Waals surface area contributed by atoms with Gasteiger partial charge in [-0.3, -0.25) is 14.7 Å². The quantitative estimate of drug-likeness (QED) is 0.641.